The van der Waals surface area contributed by atoms with Crippen molar-refractivity contribution in [2.75, 3.05) is 13.2 Å². The molecule has 1 aromatic rings. The number of hydrogen-bond acceptors (Lipinski definition) is 2. The van der Waals surface area contributed by atoms with E-state index in [0.717, 1.165) is 12.8 Å². The van der Waals surface area contributed by atoms with Gasteiger partial charge in [0.2, 0.25) is 0 Å². The minimum absolute atomic E-state index is 0.0318. The normalized spacial score (nSPS) is 20.3. The number of hydrogen-bond donors (Lipinski definition) is 1. The molecule has 1 N–H and O–H groups in total. The molecule has 2 nitrogen and oxygen atoms in total. The summed E-state index contributed by atoms with van der Waals surface area (Å²) in [5, 5.41) is 10.9. The smallest absolute Gasteiger partial charge is 0.142 e. The first-order chi connectivity index (χ1) is 8.90. The SMILES string of the molecule is CC(O)(CC1CCOCC1)c1cc(F)c(Cl)cc1Cl. The first-order valence-electron chi connectivity index (χ1n) is 6.35. The lowest BCUT2D eigenvalue weighted by Gasteiger charge is -2.31. The van der Waals surface area contributed by atoms with Gasteiger partial charge in [-0.3, -0.25) is 0 Å². The molecule has 1 aliphatic rings. The topological polar surface area (TPSA) is 29.5 Å². The van der Waals surface area contributed by atoms with Gasteiger partial charge in [-0.05, 0) is 44.2 Å². The average molecular weight is 307 g/mol. The van der Waals surface area contributed by atoms with Crippen molar-refractivity contribution in [3.63, 3.8) is 0 Å². The summed E-state index contributed by atoms with van der Waals surface area (Å²) in [6.45, 7) is 3.09. The molecule has 1 fully saturated rings. The van der Waals surface area contributed by atoms with Crippen molar-refractivity contribution < 1.29 is 14.2 Å². The minimum atomic E-state index is -1.16. The third-order valence-corrected chi connectivity index (χ3v) is 4.22. The van der Waals surface area contributed by atoms with Crippen LogP contribution in [0.5, 0.6) is 0 Å². The Morgan fingerprint density at radius 2 is 1.95 bits per heavy atom. The molecule has 0 saturated carbocycles. The van der Waals surface area contributed by atoms with Crippen LogP contribution in [-0.4, -0.2) is 18.3 Å². The molecule has 0 aromatic heterocycles. The van der Waals surface area contributed by atoms with Gasteiger partial charge in [-0.15, -0.1) is 0 Å². The van der Waals surface area contributed by atoms with E-state index in [0.29, 0.717) is 36.1 Å². The highest BCUT2D eigenvalue weighted by molar-refractivity contribution is 6.35. The number of benzene rings is 1. The summed E-state index contributed by atoms with van der Waals surface area (Å²) in [6, 6.07) is 2.57. The van der Waals surface area contributed by atoms with E-state index in [2.05, 4.69) is 0 Å². The Morgan fingerprint density at radius 1 is 1.32 bits per heavy atom. The molecule has 2 rings (SSSR count). The molecule has 1 heterocycles. The Labute approximate surface area is 122 Å². The molecule has 0 aliphatic carbocycles. The molecule has 0 amide bonds. The Hall–Kier alpha value is -0.350. The van der Waals surface area contributed by atoms with Crippen LogP contribution in [-0.2, 0) is 10.3 Å². The fourth-order valence-corrected chi connectivity index (χ4v) is 3.14. The van der Waals surface area contributed by atoms with Crippen LogP contribution in [0.2, 0.25) is 10.0 Å². The molecular weight excluding hydrogens is 290 g/mol. The zero-order chi connectivity index (χ0) is 14.0. The van der Waals surface area contributed by atoms with Crippen molar-refractivity contribution in [3.05, 3.63) is 33.6 Å². The molecule has 5 heteroatoms. The summed E-state index contributed by atoms with van der Waals surface area (Å²) < 4.78 is 18.8. The van der Waals surface area contributed by atoms with Crippen LogP contribution in [0.3, 0.4) is 0 Å². The van der Waals surface area contributed by atoms with Crippen LogP contribution in [0.15, 0.2) is 12.1 Å². The molecule has 1 atom stereocenters. The van der Waals surface area contributed by atoms with Crippen LogP contribution in [0.1, 0.15) is 31.7 Å². The van der Waals surface area contributed by atoms with Crippen LogP contribution in [0, 0.1) is 11.7 Å². The van der Waals surface area contributed by atoms with Crippen molar-refractivity contribution in [1.29, 1.82) is 0 Å². The maximum absolute atomic E-state index is 13.5. The maximum atomic E-state index is 13.5. The highest BCUT2D eigenvalue weighted by Crippen LogP contribution is 2.37. The first kappa shape index (κ1) is 15.0. The van der Waals surface area contributed by atoms with E-state index in [4.69, 9.17) is 27.9 Å². The van der Waals surface area contributed by atoms with Gasteiger partial charge in [0.1, 0.15) is 5.82 Å². The number of rotatable bonds is 3. The van der Waals surface area contributed by atoms with Crippen molar-refractivity contribution in [3.8, 4) is 0 Å². The Kier molecular flexibility index (Phi) is 4.72. The van der Waals surface area contributed by atoms with Gasteiger partial charge in [0, 0.05) is 23.8 Å². The van der Waals surface area contributed by atoms with Crippen LogP contribution >= 0.6 is 23.2 Å². The van der Waals surface area contributed by atoms with E-state index in [1.54, 1.807) is 6.92 Å². The lowest BCUT2D eigenvalue weighted by molar-refractivity contribution is -0.00314. The molecule has 1 unspecified atom stereocenters. The zero-order valence-electron chi connectivity index (χ0n) is 10.8. The summed E-state index contributed by atoms with van der Waals surface area (Å²) in [5.41, 5.74) is -0.771. The van der Waals surface area contributed by atoms with E-state index < -0.39 is 11.4 Å². The molecule has 0 bridgehead atoms. The van der Waals surface area contributed by atoms with Gasteiger partial charge in [0.25, 0.3) is 0 Å². The molecule has 106 valence electrons. The van der Waals surface area contributed by atoms with Crippen molar-refractivity contribution >= 4 is 23.2 Å². The lowest BCUT2D eigenvalue weighted by Crippen LogP contribution is -2.28. The van der Waals surface area contributed by atoms with Gasteiger partial charge in [-0.2, -0.15) is 0 Å². The summed E-state index contributed by atoms with van der Waals surface area (Å²) >= 11 is 11.7. The second kappa shape index (κ2) is 5.96. The lowest BCUT2D eigenvalue weighted by atomic mass is 9.83. The summed E-state index contributed by atoms with van der Waals surface area (Å²) in [7, 11) is 0. The predicted molar refractivity (Wildman–Crippen MR) is 74.2 cm³/mol. The summed E-state index contributed by atoms with van der Waals surface area (Å²) in [5.74, 6) is -0.202. The fraction of sp³-hybridized carbons (Fsp3) is 0.571. The maximum Gasteiger partial charge on any atom is 0.142 e. The predicted octanol–water partition coefficient (Wildman–Crippen LogP) is 4.16. The Bertz CT molecular complexity index is 457. The molecule has 0 spiro atoms. The van der Waals surface area contributed by atoms with Crippen LogP contribution in [0.25, 0.3) is 0 Å². The van der Waals surface area contributed by atoms with Gasteiger partial charge < -0.3 is 9.84 Å². The molecular formula is C14H17Cl2FO2. The third kappa shape index (κ3) is 3.60. The van der Waals surface area contributed by atoms with Gasteiger partial charge in [-0.25, -0.2) is 4.39 Å². The van der Waals surface area contributed by atoms with E-state index in [9.17, 15) is 9.50 Å². The van der Waals surface area contributed by atoms with E-state index in [-0.39, 0.29) is 5.02 Å². The molecule has 1 saturated heterocycles. The Balaban J connectivity index is 2.20. The second-order valence-electron chi connectivity index (χ2n) is 5.28. The second-order valence-corrected chi connectivity index (χ2v) is 6.09. The van der Waals surface area contributed by atoms with Crippen molar-refractivity contribution in [2.45, 2.75) is 31.8 Å². The Morgan fingerprint density at radius 3 is 2.58 bits per heavy atom. The van der Waals surface area contributed by atoms with E-state index in [1.807, 2.05) is 0 Å². The van der Waals surface area contributed by atoms with Gasteiger partial charge in [0.15, 0.2) is 0 Å². The minimum Gasteiger partial charge on any atom is -0.385 e. The number of halogens is 3. The van der Waals surface area contributed by atoms with Gasteiger partial charge >= 0.3 is 0 Å². The third-order valence-electron chi connectivity index (χ3n) is 3.62. The van der Waals surface area contributed by atoms with Crippen LogP contribution in [0.4, 0.5) is 4.39 Å². The van der Waals surface area contributed by atoms with E-state index >= 15 is 0 Å². The van der Waals surface area contributed by atoms with Gasteiger partial charge in [-0.1, -0.05) is 23.2 Å². The van der Waals surface area contributed by atoms with E-state index in [1.165, 1.54) is 12.1 Å². The van der Waals surface area contributed by atoms with Gasteiger partial charge in [0.05, 0.1) is 10.6 Å². The molecule has 1 aliphatic heterocycles. The largest absolute Gasteiger partial charge is 0.385 e. The summed E-state index contributed by atoms with van der Waals surface area (Å²) in [4.78, 5) is 0. The highest BCUT2D eigenvalue weighted by atomic mass is 35.5. The van der Waals surface area contributed by atoms with Crippen molar-refractivity contribution in [2.24, 2.45) is 5.92 Å². The monoisotopic (exact) mass is 306 g/mol. The molecule has 0 radical (unpaired) electrons. The molecule has 1 aromatic carbocycles. The standard InChI is InChI=1S/C14H17Cl2FO2/c1-14(18,8-9-2-4-19-5-3-9)10-6-13(17)12(16)7-11(10)15/h6-7,9,18H,2-5,8H2,1H3. The number of aliphatic hydroxyl groups is 1. The zero-order valence-corrected chi connectivity index (χ0v) is 12.3. The average Bonchev–Trinajstić information content (AvgIpc) is 2.34. The highest BCUT2D eigenvalue weighted by Gasteiger charge is 2.31. The molecule has 19 heavy (non-hydrogen) atoms. The number of ether oxygens (including phenoxy) is 1. The van der Waals surface area contributed by atoms with Crippen molar-refractivity contribution in [1.82, 2.24) is 0 Å². The first-order valence-corrected chi connectivity index (χ1v) is 7.11. The van der Waals surface area contributed by atoms with Crippen LogP contribution < -0.4 is 0 Å². The quantitative estimate of drug-likeness (QED) is 0.850. The fourth-order valence-electron chi connectivity index (χ4n) is 2.56. The summed E-state index contributed by atoms with van der Waals surface area (Å²) in [6.07, 6.45) is 2.35.